The van der Waals surface area contributed by atoms with Crippen molar-refractivity contribution in [3.05, 3.63) is 42.4 Å². The summed E-state index contributed by atoms with van der Waals surface area (Å²) in [5.41, 5.74) is 3.79. The van der Waals surface area contributed by atoms with E-state index in [-0.39, 0.29) is 11.9 Å². The van der Waals surface area contributed by atoms with Crippen molar-refractivity contribution in [2.45, 2.75) is 18.9 Å². The lowest BCUT2D eigenvalue weighted by Crippen LogP contribution is -2.28. The smallest absolute Gasteiger partial charge is 0.251 e. The second-order valence-corrected chi connectivity index (χ2v) is 8.37. The second-order valence-electron chi connectivity index (χ2n) is 8.37. The van der Waals surface area contributed by atoms with E-state index in [1.807, 2.05) is 25.6 Å². The Labute approximate surface area is 202 Å². The highest BCUT2D eigenvalue weighted by molar-refractivity contribution is 6.01. The van der Waals surface area contributed by atoms with Crippen molar-refractivity contribution in [1.82, 2.24) is 30.0 Å². The Kier molecular flexibility index (Phi) is 6.23. The van der Waals surface area contributed by atoms with Crippen molar-refractivity contribution in [2.75, 3.05) is 38.0 Å². The predicted octanol–water partition coefficient (Wildman–Crippen LogP) is 3.06. The molecule has 3 aromatic heterocycles. The molecule has 11 nitrogen and oxygen atoms in total. The van der Waals surface area contributed by atoms with Gasteiger partial charge < -0.3 is 30.4 Å². The zero-order valence-corrected chi connectivity index (χ0v) is 19.9. The first-order valence-electron chi connectivity index (χ1n) is 11.4. The minimum atomic E-state index is -0.190. The Morgan fingerprint density at radius 3 is 2.80 bits per heavy atom. The number of anilines is 3. The number of amides is 1. The molecule has 1 amide bonds. The van der Waals surface area contributed by atoms with Gasteiger partial charge in [-0.05, 0) is 31.0 Å². The molecule has 4 aromatic rings. The average molecular weight is 477 g/mol. The van der Waals surface area contributed by atoms with Crippen LogP contribution in [0.1, 0.15) is 23.2 Å². The molecule has 1 saturated heterocycles. The van der Waals surface area contributed by atoms with E-state index in [2.05, 4.69) is 26.0 Å². The van der Waals surface area contributed by atoms with Crippen LogP contribution in [-0.4, -0.2) is 64.1 Å². The molecule has 35 heavy (non-hydrogen) atoms. The minimum Gasteiger partial charge on any atom is -0.495 e. The van der Waals surface area contributed by atoms with Crippen LogP contribution in [0, 0.1) is 0 Å². The molecular formula is C24H28N8O3. The highest BCUT2D eigenvalue weighted by Crippen LogP contribution is 2.35. The van der Waals surface area contributed by atoms with Crippen LogP contribution in [0.5, 0.6) is 5.75 Å². The van der Waals surface area contributed by atoms with Crippen LogP contribution in [0.3, 0.4) is 0 Å². The maximum atomic E-state index is 12.0. The molecule has 0 radical (unpaired) electrons. The monoisotopic (exact) mass is 476 g/mol. The number of nitrogens with zero attached hydrogens (tertiary/aromatic N) is 4. The minimum absolute atomic E-state index is 0.190. The number of aromatic nitrogens is 5. The third-order valence-corrected chi connectivity index (χ3v) is 6.05. The summed E-state index contributed by atoms with van der Waals surface area (Å²) in [7, 11) is 5.04. The number of carbonyl (C=O) groups is 1. The Hall–Kier alpha value is -4.12. The predicted molar refractivity (Wildman–Crippen MR) is 133 cm³/mol. The van der Waals surface area contributed by atoms with Gasteiger partial charge in [0.25, 0.3) is 5.91 Å². The van der Waals surface area contributed by atoms with Gasteiger partial charge in [-0.3, -0.25) is 9.48 Å². The van der Waals surface area contributed by atoms with E-state index in [4.69, 9.17) is 19.4 Å². The van der Waals surface area contributed by atoms with Gasteiger partial charge in [0.15, 0.2) is 0 Å². The third kappa shape index (κ3) is 4.62. The van der Waals surface area contributed by atoms with Crippen LogP contribution < -0.4 is 20.7 Å². The molecule has 1 fully saturated rings. The third-order valence-electron chi connectivity index (χ3n) is 6.05. The van der Waals surface area contributed by atoms with Gasteiger partial charge in [0.05, 0.1) is 24.4 Å². The second kappa shape index (κ2) is 9.63. The quantitative estimate of drug-likeness (QED) is 0.320. The fourth-order valence-electron chi connectivity index (χ4n) is 4.22. The number of benzene rings is 1. The summed E-state index contributed by atoms with van der Waals surface area (Å²) >= 11 is 0. The number of hydrogen-bond donors (Lipinski definition) is 4. The largest absolute Gasteiger partial charge is 0.495 e. The Morgan fingerprint density at radius 2 is 2.09 bits per heavy atom. The molecule has 11 heteroatoms. The van der Waals surface area contributed by atoms with Gasteiger partial charge in [-0.2, -0.15) is 15.1 Å². The maximum Gasteiger partial charge on any atom is 0.251 e. The van der Waals surface area contributed by atoms with Gasteiger partial charge in [-0.15, -0.1) is 0 Å². The number of methoxy groups -OCH3 is 1. The summed E-state index contributed by atoms with van der Waals surface area (Å²) in [5, 5.41) is 14.7. The average Bonchev–Trinajstić information content (AvgIpc) is 3.50. The maximum absolute atomic E-state index is 12.0. The van der Waals surface area contributed by atoms with E-state index in [1.165, 1.54) is 0 Å². The van der Waals surface area contributed by atoms with Gasteiger partial charge in [-0.25, -0.2) is 0 Å². The molecule has 1 aromatic carbocycles. The number of aromatic amines is 1. The first-order chi connectivity index (χ1) is 17.1. The number of H-pyrrole nitrogens is 1. The van der Waals surface area contributed by atoms with Gasteiger partial charge in [0.2, 0.25) is 5.95 Å². The van der Waals surface area contributed by atoms with E-state index in [1.54, 1.807) is 37.0 Å². The molecule has 1 aliphatic heterocycles. The summed E-state index contributed by atoms with van der Waals surface area (Å²) in [6.45, 7) is 1.43. The normalized spacial score (nSPS) is 14.1. The fraction of sp³-hybridized carbons (Fsp3) is 0.333. The van der Waals surface area contributed by atoms with Crippen LogP contribution in [0.25, 0.3) is 22.2 Å². The first-order valence-corrected chi connectivity index (χ1v) is 11.4. The summed E-state index contributed by atoms with van der Waals surface area (Å²) < 4.78 is 12.8. The van der Waals surface area contributed by atoms with Crippen molar-refractivity contribution in [2.24, 2.45) is 7.05 Å². The lowest BCUT2D eigenvalue weighted by molar-refractivity contribution is 0.0904. The molecule has 1 aliphatic rings. The van der Waals surface area contributed by atoms with Gasteiger partial charge in [0.1, 0.15) is 17.2 Å². The van der Waals surface area contributed by atoms with E-state index >= 15 is 0 Å². The number of fused-ring (bicyclic) bond motifs is 1. The molecule has 4 heterocycles. The highest BCUT2D eigenvalue weighted by Gasteiger charge is 2.21. The van der Waals surface area contributed by atoms with Crippen LogP contribution in [0.2, 0.25) is 0 Å². The SMILES string of the molecule is CNC(=O)c1ccc(Nc2nc(NC3CCOCC3)c3c(-c4cnn(C)c4)c[nH]c3n2)c(OC)c1. The Bertz CT molecular complexity index is 1360. The molecule has 0 bridgehead atoms. The molecule has 4 N–H and O–H groups in total. The van der Waals surface area contributed by atoms with Crippen LogP contribution in [-0.2, 0) is 11.8 Å². The number of aryl methyl sites for hydroxylation is 1. The zero-order valence-electron chi connectivity index (χ0n) is 19.9. The summed E-state index contributed by atoms with van der Waals surface area (Å²) in [5.74, 6) is 1.45. The summed E-state index contributed by atoms with van der Waals surface area (Å²) in [4.78, 5) is 24.9. The molecule has 182 valence electrons. The van der Waals surface area contributed by atoms with Gasteiger partial charge >= 0.3 is 0 Å². The topological polar surface area (TPSA) is 131 Å². The van der Waals surface area contributed by atoms with Crippen LogP contribution in [0.4, 0.5) is 17.5 Å². The fourth-order valence-corrected chi connectivity index (χ4v) is 4.22. The van der Waals surface area contributed by atoms with Crippen LogP contribution >= 0.6 is 0 Å². The van der Waals surface area contributed by atoms with Crippen molar-refractivity contribution in [3.8, 4) is 16.9 Å². The number of ether oxygens (including phenoxy) is 2. The van der Waals surface area contributed by atoms with E-state index < -0.39 is 0 Å². The first kappa shape index (κ1) is 22.7. The molecule has 0 aliphatic carbocycles. The number of carbonyl (C=O) groups excluding carboxylic acids is 1. The number of nitrogens with one attached hydrogen (secondary N) is 4. The van der Waals surface area contributed by atoms with Gasteiger partial charge in [-0.1, -0.05) is 0 Å². The zero-order chi connectivity index (χ0) is 24.4. The number of hydrogen-bond acceptors (Lipinski definition) is 8. The molecule has 5 rings (SSSR count). The molecule has 0 atom stereocenters. The molecule has 0 saturated carbocycles. The lowest BCUT2D eigenvalue weighted by Gasteiger charge is -2.24. The van der Waals surface area contributed by atoms with E-state index in [0.29, 0.717) is 41.8 Å². The summed E-state index contributed by atoms with van der Waals surface area (Å²) in [6.07, 6.45) is 7.51. The Morgan fingerprint density at radius 1 is 1.26 bits per heavy atom. The molecular weight excluding hydrogens is 448 g/mol. The molecule has 0 unspecified atom stereocenters. The van der Waals surface area contributed by atoms with Crippen molar-refractivity contribution >= 4 is 34.4 Å². The lowest BCUT2D eigenvalue weighted by atomic mass is 10.1. The van der Waals surface area contributed by atoms with Crippen molar-refractivity contribution in [3.63, 3.8) is 0 Å². The molecule has 0 spiro atoms. The van der Waals surface area contributed by atoms with E-state index in [9.17, 15) is 4.79 Å². The Balaban J connectivity index is 1.55. The van der Waals surface area contributed by atoms with Crippen molar-refractivity contribution < 1.29 is 14.3 Å². The highest BCUT2D eigenvalue weighted by atomic mass is 16.5. The van der Waals surface area contributed by atoms with Crippen molar-refractivity contribution in [1.29, 1.82) is 0 Å². The summed E-state index contributed by atoms with van der Waals surface area (Å²) in [6, 6.07) is 5.42. The standard InChI is InChI=1S/C24H28N8O3/c1-25-23(33)14-4-5-18(19(10-14)34-3)29-24-30-21-20(17(12-26-21)15-11-27-32(2)13-15)22(31-24)28-16-6-8-35-9-7-16/h4-5,10-13,16H,6-9H2,1-3H3,(H,25,33)(H3,26,28,29,30,31). The van der Waals surface area contributed by atoms with Crippen LogP contribution in [0.15, 0.2) is 36.8 Å². The number of rotatable bonds is 7. The van der Waals surface area contributed by atoms with Gasteiger partial charge in [0, 0.05) is 62.4 Å². The van der Waals surface area contributed by atoms with E-state index in [0.717, 1.165) is 35.2 Å².